The van der Waals surface area contributed by atoms with Gasteiger partial charge in [-0.25, -0.2) is 13.5 Å². The Hall–Kier alpha value is -1.98. The highest BCUT2D eigenvalue weighted by molar-refractivity contribution is 5.27. The first-order valence-corrected chi connectivity index (χ1v) is 4.68. The number of hydrogen-bond donors (Lipinski definition) is 1. The molecule has 0 atom stereocenters. The summed E-state index contributed by atoms with van der Waals surface area (Å²) in [4.78, 5) is 3.93. The number of anilines is 1. The highest BCUT2D eigenvalue weighted by Crippen LogP contribution is 2.09. The Morgan fingerprint density at radius 1 is 1.25 bits per heavy atom. The SMILES string of the molecule is Cn1ncnc1NCc1cc(F)cc(F)c1. The summed E-state index contributed by atoms with van der Waals surface area (Å²) in [6, 6.07) is 3.38. The largest absolute Gasteiger partial charge is 0.350 e. The molecule has 0 spiro atoms. The fourth-order valence-corrected chi connectivity index (χ4v) is 1.35. The lowest BCUT2D eigenvalue weighted by Crippen LogP contribution is -2.06. The van der Waals surface area contributed by atoms with E-state index in [9.17, 15) is 8.78 Å². The molecule has 0 aliphatic rings. The Kier molecular flexibility index (Phi) is 2.80. The van der Waals surface area contributed by atoms with Gasteiger partial charge in [0, 0.05) is 19.7 Å². The third-order valence-electron chi connectivity index (χ3n) is 2.08. The molecule has 0 saturated carbocycles. The van der Waals surface area contributed by atoms with Gasteiger partial charge in [0.15, 0.2) is 0 Å². The lowest BCUT2D eigenvalue weighted by atomic mass is 10.2. The summed E-state index contributed by atoms with van der Waals surface area (Å²) in [5.74, 6) is -0.630. The van der Waals surface area contributed by atoms with E-state index in [4.69, 9.17) is 0 Å². The third kappa shape index (κ3) is 2.33. The third-order valence-corrected chi connectivity index (χ3v) is 2.08. The zero-order valence-electron chi connectivity index (χ0n) is 8.61. The summed E-state index contributed by atoms with van der Waals surface area (Å²) in [5, 5.41) is 6.78. The first-order valence-electron chi connectivity index (χ1n) is 4.68. The van der Waals surface area contributed by atoms with Gasteiger partial charge in [-0.3, -0.25) is 0 Å². The minimum atomic E-state index is -0.588. The van der Waals surface area contributed by atoms with Crippen molar-refractivity contribution in [3.8, 4) is 0 Å². The van der Waals surface area contributed by atoms with Crippen molar-refractivity contribution in [2.75, 3.05) is 5.32 Å². The van der Waals surface area contributed by atoms with E-state index < -0.39 is 11.6 Å². The van der Waals surface area contributed by atoms with Crippen LogP contribution >= 0.6 is 0 Å². The van der Waals surface area contributed by atoms with E-state index >= 15 is 0 Å². The zero-order valence-corrected chi connectivity index (χ0v) is 8.61. The fourth-order valence-electron chi connectivity index (χ4n) is 1.35. The molecule has 1 N–H and O–H groups in total. The van der Waals surface area contributed by atoms with Crippen molar-refractivity contribution < 1.29 is 8.78 Å². The second-order valence-corrected chi connectivity index (χ2v) is 3.34. The Morgan fingerprint density at radius 3 is 2.50 bits per heavy atom. The molecule has 0 fully saturated rings. The number of rotatable bonds is 3. The van der Waals surface area contributed by atoms with Gasteiger partial charge >= 0.3 is 0 Å². The molecule has 0 bridgehead atoms. The van der Waals surface area contributed by atoms with Crippen LogP contribution in [-0.4, -0.2) is 14.8 Å². The van der Waals surface area contributed by atoms with Crippen LogP contribution in [0.2, 0.25) is 0 Å². The van der Waals surface area contributed by atoms with Gasteiger partial charge in [-0.05, 0) is 17.7 Å². The van der Waals surface area contributed by atoms with Gasteiger partial charge in [0.1, 0.15) is 18.0 Å². The fraction of sp³-hybridized carbons (Fsp3) is 0.200. The van der Waals surface area contributed by atoms with E-state index in [0.717, 1.165) is 6.07 Å². The number of hydrogen-bond acceptors (Lipinski definition) is 3. The second-order valence-electron chi connectivity index (χ2n) is 3.34. The molecular formula is C10H10F2N4. The second kappa shape index (κ2) is 4.26. The minimum Gasteiger partial charge on any atom is -0.350 e. The van der Waals surface area contributed by atoms with Crippen LogP contribution in [0.25, 0.3) is 0 Å². The van der Waals surface area contributed by atoms with Crippen molar-refractivity contribution in [1.82, 2.24) is 14.8 Å². The Balaban J connectivity index is 2.07. The van der Waals surface area contributed by atoms with E-state index in [1.165, 1.54) is 23.1 Å². The summed E-state index contributed by atoms with van der Waals surface area (Å²) in [5.41, 5.74) is 0.514. The molecule has 0 unspecified atom stereocenters. The molecule has 0 aliphatic carbocycles. The van der Waals surface area contributed by atoms with Gasteiger partial charge in [-0.1, -0.05) is 0 Å². The van der Waals surface area contributed by atoms with Crippen molar-refractivity contribution >= 4 is 5.95 Å². The number of aromatic nitrogens is 3. The number of benzene rings is 1. The minimum absolute atomic E-state index is 0.293. The highest BCUT2D eigenvalue weighted by atomic mass is 19.1. The molecule has 2 aromatic rings. The van der Waals surface area contributed by atoms with Crippen LogP contribution in [0, 0.1) is 11.6 Å². The number of nitrogens with zero attached hydrogens (tertiary/aromatic N) is 3. The van der Waals surface area contributed by atoms with Crippen molar-refractivity contribution in [3.63, 3.8) is 0 Å². The van der Waals surface area contributed by atoms with E-state index in [2.05, 4.69) is 15.4 Å². The van der Waals surface area contributed by atoms with Crippen molar-refractivity contribution in [2.45, 2.75) is 6.54 Å². The summed E-state index contributed by atoms with van der Waals surface area (Å²) < 4.78 is 27.3. The van der Waals surface area contributed by atoms with E-state index in [1.54, 1.807) is 7.05 Å². The van der Waals surface area contributed by atoms with E-state index in [-0.39, 0.29) is 0 Å². The van der Waals surface area contributed by atoms with Crippen LogP contribution in [0.4, 0.5) is 14.7 Å². The van der Waals surface area contributed by atoms with Gasteiger partial charge in [0.2, 0.25) is 5.95 Å². The van der Waals surface area contributed by atoms with Crippen molar-refractivity contribution in [3.05, 3.63) is 41.7 Å². The molecule has 0 radical (unpaired) electrons. The monoisotopic (exact) mass is 224 g/mol. The first-order chi connectivity index (χ1) is 7.65. The maximum Gasteiger partial charge on any atom is 0.221 e. The molecule has 84 valence electrons. The molecule has 4 nitrogen and oxygen atoms in total. The Labute approximate surface area is 90.9 Å². The molecule has 1 aromatic carbocycles. The predicted octanol–water partition coefficient (Wildman–Crippen LogP) is 1.71. The standard InChI is InChI=1S/C10H10F2N4/c1-16-10(14-6-15-16)13-5-7-2-8(11)4-9(12)3-7/h2-4,6H,5H2,1H3,(H,13,14,15). The predicted molar refractivity (Wildman–Crippen MR) is 54.7 cm³/mol. The molecule has 16 heavy (non-hydrogen) atoms. The number of nitrogens with one attached hydrogen (secondary N) is 1. The summed E-state index contributed by atoms with van der Waals surface area (Å²) in [6.45, 7) is 0.293. The average molecular weight is 224 g/mol. The highest BCUT2D eigenvalue weighted by Gasteiger charge is 2.02. The van der Waals surface area contributed by atoms with Gasteiger partial charge in [-0.15, -0.1) is 0 Å². The first kappa shape index (κ1) is 10.5. The molecular weight excluding hydrogens is 214 g/mol. The lowest BCUT2D eigenvalue weighted by Gasteiger charge is -2.05. The number of aryl methyl sites for hydroxylation is 1. The van der Waals surface area contributed by atoms with Crippen LogP contribution < -0.4 is 5.32 Å². The molecule has 0 amide bonds. The molecule has 6 heteroatoms. The van der Waals surface area contributed by atoms with Gasteiger partial charge in [0.05, 0.1) is 0 Å². The van der Waals surface area contributed by atoms with Crippen molar-refractivity contribution in [2.24, 2.45) is 7.05 Å². The number of halogens is 2. The Bertz CT molecular complexity index is 475. The smallest absolute Gasteiger partial charge is 0.221 e. The van der Waals surface area contributed by atoms with Gasteiger partial charge in [-0.2, -0.15) is 10.1 Å². The van der Waals surface area contributed by atoms with Crippen LogP contribution in [0.5, 0.6) is 0 Å². The summed E-state index contributed by atoms with van der Waals surface area (Å²) in [7, 11) is 1.72. The summed E-state index contributed by atoms with van der Waals surface area (Å²) >= 11 is 0. The summed E-state index contributed by atoms with van der Waals surface area (Å²) in [6.07, 6.45) is 1.40. The van der Waals surface area contributed by atoms with Crippen LogP contribution in [-0.2, 0) is 13.6 Å². The lowest BCUT2D eigenvalue weighted by molar-refractivity contribution is 0.580. The van der Waals surface area contributed by atoms with E-state index in [1.807, 2.05) is 0 Å². The van der Waals surface area contributed by atoms with Gasteiger partial charge in [0.25, 0.3) is 0 Å². The Morgan fingerprint density at radius 2 is 1.94 bits per heavy atom. The van der Waals surface area contributed by atoms with Crippen LogP contribution in [0.3, 0.4) is 0 Å². The molecule has 0 aliphatic heterocycles. The maximum atomic E-state index is 12.9. The topological polar surface area (TPSA) is 42.7 Å². The molecule has 1 aromatic heterocycles. The maximum absolute atomic E-state index is 12.9. The van der Waals surface area contributed by atoms with E-state index in [0.29, 0.717) is 18.1 Å². The van der Waals surface area contributed by atoms with Crippen molar-refractivity contribution in [1.29, 1.82) is 0 Å². The molecule has 2 rings (SSSR count). The van der Waals surface area contributed by atoms with Crippen LogP contribution in [0.15, 0.2) is 24.5 Å². The van der Waals surface area contributed by atoms with Gasteiger partial charge < -0.3 is 5.32 Å². The normalized spacial score (nSPS) is 10.4. The quantitative estimate of drug-likeness (QED) is 0.863. The molecule has 1 heterocycles. The van der Waals surface area contributed by atoms with Crippen LogP contribution in [0.1, 0.15) is 5.56 Å². The average Bonchev–Trinajstić information content (AvgIpc) is 2.59. The molecule has 0 saturated heterocycles. The zero-order chi connectivity index (χ0) is 11.5.